The summed E-state index contributed by atoms with van der Waals surface area (Å²) in [5.74, 6) is 1.58. The molecule has 6 heteroatoms. The van der Waals surface area contributed by atoms with Gasteiger partial charge in [-0.15, -0.1) is 0 Å². The van der Waals surface area contributed by atoms with Crippen molar-refractivity contribution < 1.29 is 19.0 Å². The highest BCUT2D eigenvalue weighted by Gasteiger charge is 2.15. The number of hydrogen-bond acceptors (Lipinski definition) is 6. The number of benzene rings is 1. The minimum atomic E-state index is 0.506. The molecule has 0 aliphatic carbocycles. The summed E-state index contributed by atoms with van der Waals surface area (Å²) in [4.78, 5) is 15.8. The predicted molar refractivity (Wildman–Crippen MR) is 89.0 cm³/mol. The number of nitrogens with zero attached hydrogens (tertiary/aromatic N) is 2. The standard InChI is InChI=1S/C17H26N2O4/c1-18-6-8-19(9-7-18)5-4-10-23-16-12-14(13-20)11-15(21-2)17(16)22-3/h11-13H,4-10H2,1-3H3. The highest BCUT2D eigenvalue weighted by atomic mass is 16.5. The average molecular weight is 322 g/mol. The lowest BCUT2D eigenvalue weighted by atomic mass is 10.2. The Labute approximate surface area is 137 Å². The molecule has 0 atom stereocenters. The molecule has 128 valence electrons. The van der Waals surface area contributed by atoms with Gasteiger partial charge in [0.05, 0.1) is 20.8 Å². The Hall–Kier alpha value is -1.79. The quantitative estimate of drug-likeness (QED) is 0.534. The van der Waals surface area contributed by atoms with Crippen molar-refractivity contribution in [3.8, 4) is 17.2 Å². The fraction of sp³-hybridized carbons (Fsp3) is 0.588. The SMILES string of the molecule is COc1cc(C=O)cc(OCCCN2CCN(C)CC2)c1OC. The third-order valence-corrected chi connectivity index (χ3v) is 4.08. The summed E-state index contributed by atoms with van der Waals surface area (Å²) in [6.45, 7) is 6.04. The first-order valence-electron chi connectivity index (χ1n) is 7.92. The van der Waals surface area contributed by atoms with Gasteiger partial charge in [0, 0.05) is 38.3 Å². The van der Waals surface area contributed by atoms with Gasteiger partial charge in [0.1, 0.15) is 6.29 Å². The zero-order valence-electron chi connectivity index (χ0n) is 14.2. The number of ether oxygens (including phenoxy) is 3. The van der Waals surface area contributed by atoms with Crippen LogP contribution in [-0.4, -0.2) is 76.7 Å². The largest absolute Gasteiger partial charge is 0.493 e. The van der Waals surface area contributed by atoms with E-state index in [0.29, 0.717) is 29.4 Å². The van der Waals surface area contributed by atoms with Gasteiger partial charge in [-0.2, -0.15) is 0 Å². The van der Waals surface area contributed by atoms with Gasteiger partial charge in [0.2, 0.25) is 5.75 Å². The molecule has 0 saturated carbocycles. The zero-order valence-corrected chi connectivity index (χ0v) is 14.2. The Balaban J connectivity index is 1.88. The second kappa shape index (κ2) is 8.74. The molecule has 0 bridgehead atoms. The molecule has 1 aliphatic rings. The van der Waals surface area contributed by atoms with Crippen molar-refractivity contribution >= 4 is 6.29 Å². The first kappa shape index (κ1) is 17.6. The first-order chi connectivity index (χ1) is 11.2. The molecule has 1 aromatic rings. The lowest BCUT2D eigenvalue weighted by molar-refractivity contribution is 0.112. The van der Waals surface area contributed by atoms with Gasteiger partial charge in [-0.05, 0) is 25.6 Å². The fourth-order valence-electron chi connectivity index (χ4n) is 2.67. The van der Waals surface area contributed by atoms with Gasteiger partial charge >= 0.3 is 0 Å². The summed E-state index contributed by atoms with van der Waals surface area (Å²) in [5, 5.41) is 0. The number of rotatable bonds is 8. The van der Waals surface area contributed by atoms with E-state index in [1.54, 1.807) is 26.4 Å². The van der Waals surface area contributed by atoms with E-state index < -0.39 is 0 Å². The molecule has 0 radical (unpaired) electrons. The highest BCUT2D eigenvalue weighted by Crippen LogP contribution is 2.38. The van der Waals surface area contributed by atoms with E-state index in [-0.39, 0.29) is 0 Å². The van der Waals surface area contributed by atoms with Crippen LogP contribution >= 0.6 is 0 Å². The third kappa shape index (κ3) is 4.84. The smallest absolute Gasteiger partial charge is 0.203 e. The predicted octanol–water partition coefficient (Wildman–Crippen LogP) is 1.53. The van der Waals surface area contributed by atoms with Gasteiger partial charge in [0.25, 0.3) is 0 Å². The minimum absolute atomic E-state index is 0.506. The molecule has 0 unspecified atom stereocenters. The molecule has 6 nitrogen and oxygen atoms in total. The van der Waals surface area contributed by atoms with Crippen molar-refractivity contribution in [3.63, 3.8) is 0 Å². The Morgan fingerprint density at radius 1 is 1.09 bits per heavy atom. The van der Waals surface area contributed by atoms with Crippen LogP contribution in [0, 0.1) is 0 Å². The van der Waals surface area contributed by atoms with Crippen molar-refractivity contribution in [1.82, 2.24) is 9.80 Å². The van der Waals surface area contributed by atoms with E-state index in [1.165, 1.54) is 0 Å². The molecule has 0 aromatic heterocycles. The van der Waals surface area contributed by atoms with E-state index in [0.717, 1.165) is 45.4 Å². The van der Waals surface area contributed by atoms with Crippen LogP contribution in [0.25, 0.3) is 0 Å². The van der Waals surface area contributed by atoms with Crippen molar-refractivity contribution in [2.24, 2.45) is 0 Å². The monoisotopic (exact) mass is 322 g/mol. The van der Waals surface area contributed by atoms with Gasteiger partial charge in [-0.25, -0.2) is 0 Å². The van der Waals surface area contributed by atoms with Crippen LogP contribution in [0.15, 0.2) is 12.1 Å². The first-order valence-corrected chi connectivity index (χ1v) is 7.92. The second-order valence-corrected chi connectivity index (χ2v) is 5.72. The number of piperazine rings is 1. The van der Waals surface area contributed by atoms with E-state index in [2.05, 4.69) is 16.8 Å². The molecule has 1 heterocycles. The zero-order chi connectivity index (χ0) is 16.7. The minimum Gasteiger partial charge on any atom is -0.493 e. The Morgan fingerprint density at radius 2 is 1.78 bits per heavy atom. The third-order valence-electron chi connectivity index (χ3n) is 4.08. The molecular weight excluding hydrogens is 296 g/mol. The van der Waals surface area contributed by atoms with Gasteiger partial charge in [-0.1, -0.05) is 0 Å². The number of aldehydes is 1. The molecule has 1 fully saturated rings. The Morgan fingerprint density at radius 3 is 2.39 bits per heavy atom. The molecule has 0 spiro atoms. The van der Waals surface area contributed by atoms with Crippen molar-refractivity contribution in [1.29, 1.82) is 0 Å². The number of methoxy groups -OCH3 is 2. The van der Waals surface area contributed by atoms with Crippen LogP contribution in [0.3, 0.4) is 0 Å². The molecule has 1 saturated heterocycles. The maximum atomic E-state index is 11.0. The normalized spacial score (nSPS) is 16.1. The molecule has 1 aromatic carbocycles. The molecular formula is C17H26N2O4. The molecule has 0 amide bonds. The Bertz CT molecular complexity index is 514. The topological polar surface area (TPSA) is 51.2 Å². The number of carbonyl (C=O) groups is 1. The van der Waals surface area contributed by atoms with E-state index in [4.69, 9.17) is 14.2 Å². The summed E-state index contributed by atoms with van der Waals surface area (Å²) < 4.78 is 16.4. The summed E-state index contributed by atoms with van der Waals surface area (Å²) >= 11 is 0. The maximum absolute atomic E-state index is 11.0. The summed E-state index contributed by atoms with van der Waals surface area (Å²) in [5.41, 5.74) is 0.511. The number of hydrogen-bond donors (Lipinski definition) is 0. The van der Waals surface area contributed by atoms with Gasteiger partial charge < -0.3 is 24.0 Å². The molecule has 23 heavy (non-hydrogen) atoms. The second-order valence-electron chi connectivity index (χ2n) is 5.72. The van der Waals surface area contributed by atoms with Gasteiger partial charge in [-0.3, -0.25) is 4.79 Å². The van der Waals surface area contributed by atoms with E-state index >= 15 is 0 Å². The number of likely N-dealkylation sites (N-methyl/N-ethyl adjacent to an activating group) is 1. The maximum Gasteiger partial charge on any atom is 0.203 e. The average Bonchev–Trinajstić information content (AvgIpc) is 2.59. The molecule has 2 rings (SSSR count). The van der Waals surface area contributed by atoms with Crippen LogP contribution in [0.5, 0.6) is 17.2 Å². The Kier molecular flexibility index (Phi) is 6.67. The lowest BCUT2D eigenvalue weighted by Crippen LogP contribution is -2.44. The van der Waals surface area contributed by atoms with Crippen LogP contribution in [0.4, 0.5) is 0 Å². The van der Waals surface area contributed by atoms with Crippen LogP contribution < -0.4 is 14.2 Å². The van der Waals surface area contributed by atoms with Crippen molar-refractivity contribution in [2.45, 2.75) is 6.42 Å². The molecule has 0 N–H and O–H groups in total. The summed E-state index contributed by atoms with van der Waals surface area (Å²) in [6.07, 6.45) is 1.71. The number of carbonyl (C=O) groups excluding carboxylic acids is 1. The van der Waals surface area contributed by atoms with E-state index in [1.807, 2.05) is 0 Å². The van der Waals surface area contributed by atoms with Crippen LogP contribution in [0.1, 0.15) is 16.8 Å². The van der Waals surface area contributed by atoms with Crippen molar-refractivity contribution in [2.75, 3.05) is 60.6 Å². The summed E-state index contributed by atoms with van der Waals surface area (Å²) in [7, 11) is 5.26. The molecule has 1 aliphatic heterocycles. The van der Waals surface area contributed by atoms with Crippen LogP contribution in [0.2, 0.25) is 0 Å². The van der Waals surface area contributed by atoms with Crippen molar-refractivity contribution in [3.05, 3.63) is 17.7 Å². The van der Waals surface area contributed by atoms with Gasteiger partial charge in [0.15, 0.2) is 11.5 Å². The summed E-state index contributed by atoms with van der Waals surface area (Å²) in [6, 6.07) is 3.33. The van der Waals surface area contributed by atoms with Crippen LogP contribution in [-0.2, 0) is 0 Å². The fourth-order valence-corrected chi connectivity index (χ4v) is 2.67. The highest BCUT2D eigenvalue weighted by molar-refractivity contribution is 5.78. The van der Waals surface area contributed by atoms with E-state index in [9.17, 15) is 4.79 Å². The lowest BCUT2D eigenvalue weighted by Gasteiger charge is -2.32.